The number of aromatic nitrogens is 1. The molecule has 0 amide bonds. The predicted octanol–water partition coefficient (Wildman–Crippen LogP) is 2.69. The van der Waals surface area contributed by atoms with Gasteiger partial charge >= 0.3 is 0 Å². The minimum Gasteiger partial charge on any atom is -0.497 e. The van der Waals surface area contributed by atoms with Gasteiger partial charge in [0.25, 0.3) is 0 Å². The van der Waals surface area contributed by atoms with Crippen molar-refractivity contribution in [3.63, 3.8) is 0 Å². The Morgan fingerprint density at radius 1 is 1.35 bits per heavy atom. The summed E-state index contributed by atoms with van der Waals surface area (Å²) < 4.78 is 31.6. The van der Waals surface area contributed by atoms with Gasteiger partial charge in [-0.05, 0) is 35.9 Å². The van der Waals surface area contributed by atoms with E-state index in [4.69, 9.17) is 16.3 Å². The minimum atomic E-state index is -3.53. The normalized spacial score (nSPS) is 11.1. The first-order chi connectivity index (χ1) is 9.48. The fraction of sp³-hybridized carbons (Fsp3) is 0.154. The zero-order valence-corrected chi connectivity index (χ0v) is 12.3. The predicted molar refractivity (Wildman–Crippen MR) is 78.5 cm³/mol. The third kappa shape index (κ3) is 4.11. The van der Waals surface area contributed by atoms with Crippen LogP contribution in [0, 0.1) is 0 Å². The van der Waals surface area contributed by atoms with E-state index >= 15 is 0 Å². The third-order valence-corrected chi connectivity index (χ3v) is 3.94. The summed E-state index contributed by atoms with van der Waals surface area (Å²) in [5.41, 5.74) is 0.965. The maximum absolute atomic E-state index is 12.1. The van der Waals surface area contributed by atoms with Crippen LogP contribution in [0.4, 0.5) is 5.69 Å². The van der Waals surface area contributed by atoms with Crippen molar-refractivity contribution >= 4 is 27.3 Å². The first kappa shape index (κ1) is 14.6. The van der Waals surface area contributed by atoms with Crippen molar-refractivity contribution in [3.05, 3.63) is 53.3 Å². The number of sulfonamides is 1. The zero-order valence-electron chi connectivity index (χ0n) is 10.7. The molecule has 106 valence electrons. The number of rotatable bonds is 5. The van der Waals surface area contributed by atoms with Crippen LogP contribution >= 0.6 is 11.6 Å². The molecule has 1 N–H and O–H groups in total. The summed E-state index contributed by atoms with van der Waals surface area (Å²) in [6.45, 7) is 0. The van der Waals surface area contributed by atoms with Crippen LogP contribution in [0.5, 0.6) is 5.75 Å². The second-order valence-electron chi connectivity index (χ2n) is 4.10. The van der Waals surface area contributed by atoms with Gasteiger partial charge in [-0.25, -0.2) is 8.42 Å². The van der Waals surface area contributed by atoms with Crippen LogP contribution < -0.4 is 9.46 Å². The van der Waals surface area contributed by atoms with Crippen molar-refractivity contribution in [2.45, 2.75) is 5.75 Å². The number of anilines is 1. The molecule has 1 aromatic carbocycles. The van der Waals surface area contributed by atoms with Gasteiger partial charge in [-0.3, -0.25) is 9.71 Å². The number of nitrogens with zero attached hydrogens (tertiary/aromatic N) is 1. The van der Waals surface area contributed by atoms with Gasteiger partial charge in [0.1, 0.15) is 5.75 Å². The third-order valence-electron chi connectivity index (χ3n) is 2.46. The fourth-order valence-corrected chi connectivity index (χ4v) is 3.09. The Labute approximate surface area is 122 Å². The van der Waals surface area contributed by atoms with Crippen LogP contribution in [0.2, 0.25) is 5.02 Å². The first-order valence-corrected chi connectivity index (χ1v) is 7.75. The van der Waals surface area contributed by atoms with E-state index in [1.807, 2.05) is 0 Å². The molecule has 0 fully saturated rings. The molecule has 0 aliphatic rings. The summed E-state index contributed by atoms with van der Waals surface area (Å²) >= 11 is 5.91. The van der Waals surface area contributed by atoms with Gasteiger partial charge in [0.05, 0.1) is 24.7 Å². The van der Waals surface area contributed by atoms with Crippen LogP contribution in [-0.2, 0) is 15.8 Å². The van der Waals surface area contributed by atoms with E-state index in [9.17, 15) is 8.42 Å². The van der Waals surface area contributed by atoms with Gasteiger partial charge in [0, 0.05) is 11.2 Å². The maximum atomic E-state index is 12.1. The molecule has 0 bridgehead atoms. The highest BCUT2D eigenvalue weighted by atomic mass is 35.5. The van der Waals surface area contributed by atoms with E-state index in [0.29, 0.717) is 22.0 Å². The summed E-state index contributed by atoms with van der Waals surface area (Å²) in [5, 5.41) is 0.427. The van der Waals surface area contributed by atoms with Gasteiger partial charge in [0.2, 0.25) is 10.0 Å². The summed E-state index contributed by atoms with van der Waals surface area (Å²) in [6, 6.07) is 8.12. The lowest BCUT2D eigenvalue weighted by Crippen LogP contribution is -2.15. The van der Waals surface area contributed by atoms with Crippen molar-refractivity contribution in [1.82, 2.24) is 4.98 Å². The molecule has 7 heteroatoms. The average Bonchev–Trinajstić information content (AvgIpc) is 2.37. The number of hydrogen-bond donors (Lipinski definition) is 1. The van der Waals surface area contributed by atoms with Gasteiger partial charge < -0.3 is 4.74 Å². The highest BCUT2D eigenvalue weighted by Gasteiger charge is 2.13. The lowest BCUT2D eigenvalue weighted by molar-refractivity contribution is 0.414. The average molecular weight is 313 g/mol. The molecule has 1 aromatic heterocycles. The quantitative estimate of drug-likeness (QED) is 0.921. The Kier molecular flexibility index (Phi) is 4.46. The SMILES string of the molecule is COc1cc(Cl)cc(CS(=O)(=O)Nc2cccnc2)c1. The van der Waals surface area contributed by atoms with Crippen LogP contribution in [0.1, 0.15) is 5.56 Å². The van der Waals surface area contributed by atoms with Gasteiger partial charge in [-0.15, -0.1) is 0 Å². The smallest absolute Gasteiger partial charge is 0.236 e. The Balaban J connectivity index is 2.18. The molecule has 0 spiro atoms. The summed E-state index contributed by atoms with van der Waals surface area (Å²) in [6.07, 6.45) is 3.01. The molecule has 0 aliphatic heterocycles. The minimum absolute atomic E-state index is 0.196. The Morgan fingerprint density at radius 3 is 2.80 bits per heavy atom. The second-order valence-corrected chi connectivity index (χ2v) is 6.26. The van der Waals surface area contributed by atoms with Crippen LogP contribution in [0.25, 0.3) is 0 Å². The van der Waals surface area contributed by atoms with Crippen molar-refractivity contribution in [1.29, 1.82) is 0 Å². The standard InChI is InChI=1S/C13H13ClN2O3S/c1-19-13-6-10(5-11(14)7-13)9-20(17,18)16-12-3-2-4-15-8-12/h2-8,16H,9H2,1H3. The second kappa shape index (κ2) is 6.11. The fourth-order valence-electron chi connectivity index (χ4n) is 1.68. The van der Waals surface area contributed by atoms with E-state index in [-0.39, 0.29) is 5.75 Å². The molecule has 0 unspecified atom stereocenters. The number of ether oxygens (including phenoxy) is 1. The van der Waals surface area contributed by atoms with E-state index in [1.54, 1.807) is 36.5 Å². The van der Waals surface area contributed by atoms with Crippen molar-refractivity contribution in [2.75, 3.05) is 11.8 Å². The molecule has 2 aromatic rings. The summed E-state index contributed by atoms with van der Waals surface area (Å²) in [7, 11) is -2.04. The molecule has 1 heterocycles. The van der Waals surface area contributed by atoms with Crippen molar-refractivity contribution in [3.8, 4) is 5.75 Å². The van der Waals surface area contributed by atoms with E-state index in [0.717, 1.165) is 0 Å². The summed E-state index contributed by atoms with van der Waals surface area (Å²) in [4.78, 5) is 3.85. The monoisotopic (exact) mass is 312 g/mol. The molecular formula is C13H13ClN2O3S. The Morgan fingerprint density at radius 2 is 2.15 bits per heavy atom. The van der Waals surface area contributed by atoms with Crippen LogP contribution in [-0.4, -0.2) is 20.5 Å². The molecule has 0 saturated carbocycles. The van der Waals surface area contributed by atoms with Gasteiger partial charge in [-0.2, -0.15) is 0 Å². The Bertz CT molecular complexity index is 690. The van der Waals surface area contributed by atoms with Crippen molar-refractivity contribution < 1.29 is 13.2 Å². The topological polar surface area (TPSA) is 68.3 Å². The van der Waals surface area contributed by atoms with Crippen LogP contribution in [0.3, 0.4) is 0 Å². The van der Waals surface area contributed by atoms with Gasteiger partial charge in [-0.1, -0.05) is 11.6 Å². The number of halogens is 1. The Hall–Kier alpha value is -1.79. The highest BCUT2D eigenvalue weighted by Crippen LogP contribution is 2.22. The van der Waals surface area contributed by atoms with Crippen LogP contribution in [0.15, 0.2) is 42.7 Å². The summed E-state index contributed by atoms with van der Waals surface area (Å²) in [5.74, 6) is 0.322. The molecule has 20 heavy (non-hydrogen) atoms. The maximum Gasteiger partial charge on any atom is 0.236 e. The molecule has 2 rings (SSSR count). The lowest BCUT2D eigenvalue weighted by Gasteiger charge is -2.09. The lowest BCUT2D eigenvalue weighted by atomic mass is 10.2. The largest absolute Gasteiger partial charge is 0.497 e. The highest BCUT2D eigenvalue weighted by molar-refractivity contribution is 7.91. The zero-order chi connectivity index (χ0) is 14.6. The number of pyridine rings is 1. The number of methoxy groups -OCH3 is 1. The molecule has 5 nitrogen and oxygen atoms in total. The van der Waals surface area contributed by atoms with E-state index in [1.165, 1.54) is 13.3 Å². The first-order valence-electron chi connectivity index (χ1n) is 5.72. The van der Waals surface area contributed by atoms with Gasteiger partial charge in [0.15, 0.2) is 0 Å². The van der Waals surface area contributed by atoms with E-state index < -0.39 is 10.0 Å². The number of benzene rings is 1. The number of nitrogens with one attached hydrogen (secondary N) is 1. The molecule has 0 aliphatic carbocycles. The molecule has 0 saturated heterocycles. The molecular weight excluding hydrogens is 300 g/mol. The number of hydrogen-bond acceptors (Lipinski definition) is 4. The molecule has 0 atom stereocenters. The van der Waals surface area contributed by atoms with Crippen molar-refractivity contribution in [2.24, 2.45) is 0 Å². The molecule has 0 radical (unpaired) electrons. The van der Waals surface area contributed by atoms with E-state index in [2.05, 4.69) is 9.71 Å².